The van der Waals surface area contributed by atoms with Gasteiger partial charge in [0.25, 0.3) is 5.56 Å². The van der Waals surface area contributed by atoms with Crippen LogP contribution < -0.4 is 10.9 Å². The number of thiophene rings is 1. The first-order chi connectivity index (χ1) is 14.3. The molecule has 0 bridgehead atoms. The summed E-state index contributed by atoms with van der Waals surface area (Å²) in [6.45, 7) is 5.10. The number of nitrogens with one attached hydrogen (secondary N) is 1. The number of piperidine rings is 1. The third kappa shape index (κ3) is 3.55. The Hall–Kier alpha value is -2.23. The van der Waals surface area contributed by atoms with Crippen molar-refractivity contribution < 1.29 is 9.90 Å². The summed E-state index contributed by atoms with van der Waals surface area (Å²) in [4.78, 5) is 29.1. The van der Waals surface area contributed by atoms with Crippen molar-refractivity contribution in [2.24, 2.45) is 0 Å². The minimum Gasteiger partial charge on any atom is -0.382 e. The van der Waals surface area contributed by atoms with Crippen LogP contribution in [-0.4, -0.2) is 55.3 Å². The fourth-order valence-electron chi connectivity index (χ4n) is 4.44. The number of likely N-dealkylation sites (tertiary alicyclic amines) is 1. The highest BCUT2D eigenvalue weighted by molar-refractivity contribution is 7.16. The van der Waals surface area contributed by atoms with E-state index in [1.54, 1.807) is 24.3 Å². The molecule has 30 heavy (non-hydrogen) atoms. The molecule has 1 amide bonds. The second-order valence-electron chi connectivity index (χ2n) is 9.02. The van der Waals surface area contributed by atoms with Crippen molar-refractivity contribution in [3.05, 3.63) is 33.7 Å². The van der Waals surface area contributed by atoms with E-state index in [0.717, 1.165) is 36.1 Å². The molecule has 0 unspecified atom stereocenters. The quantitative estimate of drug-likeness (QED) is 0.644. The van der Waals surface area contributed by atoms with Crippen LogP contribution in [-0.2, 0) is 16.9 Å². The number of hydrogen-bond donors (Lipinski definition) is 2. The lowest BCUT2D eigenvalue weighted by atomic mass is 10.1. The zero-order valence-corrected chi connectivity index (χ0v) is 18.1. The van der Waals surface area contributed by atoms with Crippen molar-refractivity contribution in [2.75, 3.05) is 13.1 Å². The van der Waals surface area contributed by atoms with E-state index in [1.165, 1.54) is 28.9 Å². The fraction of sp³-hybridized carbons (Fsp3) is 0.571. The van der Waals surface area contributed by atoms with Gasteiger partial charge in [0.2, 0.25) is 5.91 Å². The van der Waals surface area contributed by atoms with Crippen molar-refractivity contribution in [2.45, 2.75) is 63.8 Å². The lowest BCUT2D eigenvalue weighted by Crippen LogP contribution is -2.49. The maximum Gasteiger partial charge on any atom is 0.291 e. The summed E-state index contributed by atoms with van der Waals surface area (Å²) in [5.41, 5.74) is -1.17. The monoisotopic (exact) mass is 429 g/mol. The van der Waals surface area contributed by atoms with Crippen molar-refractivity contribution >= 4 is 33.0 Å². The molecule has 0 aromatic carbocycles. The minimum absolute atomic E-state index is 0.110. The molecule has 4 heterocycles. The average molecular weight is 430 g/mol. The van der Waals surface area contributed by atoms with Crippen LogP contribution in [0.1, 0.15) is 45.4 Å². The fourth-order valence-corrected chi connectivity index (χ4v) is 5.33. The minimum atomic E-state index is -1.27. The van der Waals surface area contributed by atoms with Crippen LogP contribution in [0.2, 0.25) is 0 Å². The Morgan fingerprint density at radius 1 is 1.37 bits per heavy atom. The number of carbonyl (C=O) groups excluding carboxylic acids is 1. The maximum absolute atomic E-state index is 13.1. The Bertz CT molecular complexity index is 1170. The summed E-state index contributed by atoms with van der Waals surface area (Å²) < 4.78 is 2.90. The number of rotatable bonds is 5. The molecule has 160 valence electrons. The van der Waals surface area contributed by atoms with Gasteiger partial charge < -0.3 is 10.4 Å². The number of aromatic nitrogens is 3. The SMILES string of the molecule is CC(C)(O)c1nn(CC(=O)N[C@@H]2CCCN(C3CC3)C2)c(=O)c2cc3ccsc3n12. The van der Waals surface area contributed by atoms with Crippen molar-refractivity contribution in [3.8, 4) is 0 Å². The Balaban J connectivity index is 1.43. The zero-order chi connectivity index (χ0) is 21.0. The molecule has 1 aliphatic heterocycles. The molecular formula is C21H27N5O3S. The van der Waals surface area contributed by atoms with Gasteiger partial charge in [-0.1, -0.05) is 0 Å². The Kier molecular flexibility index (Phi) is 4.72. The lowest BCUT2D eigenvalue weighted by molar-refractivity contribution is -0.123. The van der Waals surface area contributed by atoms with E-state index in [9.17, 15) is 14.7 Å². The van der Waals surface area contributed by atoms with E-state index in [1.807, 2.05) is 11.4 Å². The van der Waals surface area contributed by atoms with Gasteiger partial charge in [-0.05, 0) is 63.6 Å². The lowest BCUT2D eigenvalue weighted by Gasteiger charge is -2.33. The second kappa shape index (κ2) is 7.18. The molecule has 1 saturated carbocycles. The molecule has 3 aromatic heterocycles. The molecule has 0 radical (unpaired) electrons. The highest BCUT2D eigenvalue weighted by atomic mass is 32.1. The Morgan fingerprint density at radius 3 is 2.90 bits per heavy atom. The van der Waals surface area contributed by atoms with E-state index in [4.69, 9.17) is 0 Å². The van der Waals surface area contributed by atoms with Crippen molar-refractivity contribution in [3.63, 3.8) is 0 Å². The van der Waals surface area contributed by atoms with E-state index in [0.29, 0.717) is 17.4 Å². The second-order valence-corrected chi connectivity index (χ2v) is 9.92. The van der Waals surface area contributed by atoms with Crippen LogP contribution in [0.5, 0.6) is 0 Å². The number of fused-ring (bicyclic) bond motifs is 3. The summed E-state index contributed by atoms with van der Waals surface area (Å²) in [6, 6.07) is 4.54. The van der Waals surface area contributed by atoms with Crippen LogP contribution in [0, 0.1) is 0 Å². The molecule has 0 spiro atoms. The Morgan fingerprint density at radius 2 is 2.17 bits per heavy atom. The first-order valence-electron chi connectivity index (χ1n) is 10.6. The average Bonchev–Trinajstić information content (AvgIpc) is 3.33. The molecule has 2 fully saturated rings. The summed E-state index contributed by atoms with van der Waals surface area (Å²) in [5, 5.41) is 21.1. The predicted octanol–water partition coefficient (Wildman–Crippen LogP) is 1.68. The molecule has 3 aromatic rings. The normalized spacial score (nSPS) is 20.8. The number of hydrogen-bond acceptors (Lipinski definition) is 6. The predicted molar refractivity (Wildman–Crippen MR) is 116 cm³/mol. The molecule has 5 rings (SSSR count). The van der Waals surface area contributed by atoms with Crippen molar-refractivity contribution in [1.29, 1.82) is 0 Å². The van der Waals surface area contributed by atoms with Crippen LogP contribution in [0.3, 0.4) is 0 Å². The van der Waals surface area contributed by atoms with Gasteiger partial charge in [0.15, 0.2) is 5.82 Å². The van der Waals surface area contributed by atoms with Gasteiger partial charge >= 0.3 is 0 Å². The van der Waals surface area contributed by atoms with Crippen LogP contribution in [0.15, 0.2) is 22.3 Å². The molecule has 1 atom stereocenters. The number of nitrogens with zero attached hydrogens (tertiary/aromatic N) is 4. The Labute approximate surface area is 178 Å². The highest BCUT2D eigenvalue weighted by Gasteiger charge is 2.33. The van der Waals surface area contributed by atoms with E-state index in [2.05, 4.69) is 15.3 Å². The topological polar surface area (TPSA) is 91.9 Å². The van der Waals surface area contributed by atoms with Gasteiger partial charge in [0.05, 0.1) is 0 Å². The molecule has 1 saturated heterocycles. The van der Waals surface area contributed by atoms with E-state index < -0.39 is 5.60 Å². The van der Waals surface area contributed by atoms with Gasteiger partial charge in [-0.3, -0.25) is 18.9 Å². The summed E-state index contributed by atoms with van der Waals surface area (Å²) in [6.07, 6.45) is 4.55. The summed E-state index contributed by atoms with van der Waals surface area (Å²) in [7, 11) is 0. The van der Waals surface area contributed by atoms with Gasteiger partial charge in [-0.2, -0.15) is 5.10 Å². The molecule has 1 aliphatic carbocycles. The van der Waals surface area contributed by atoms with Gasteiger partial charge in [-0.25, -0.2) is 4.68 Å². The zero-order valence-electron chi connectivity index (χ0n) is 17.3. The van der Waals surface area contributed by atoms with Crippen molar-refractivity contribution in [1.82, 2.24) is 24.4 Å². The van der Waals surface area contributed by atoms with Gasteiger partial charge in [-0.15, -0.1) is 11.3 Å². The highest BCUT2D eigenvalue weighted by Crippen LogP contribution is 2.30. The molecule has 9 heteroatoms. The first kappa shape index (κ1) is 19.7. The smallest absolute Gasteiger partial charge is 0.291 e. The molecular weight excluding hydrogens is 402 g/mol. The summed E-state index contributed by atoms with van der Waals surface area (Å²) in [5.74, 6) is 0.131. The summed E-state index contributed by atoms with van der Waals surface area (Å²) >= 11 is 1.49. The molecule has 2 N–H and O–H groups in total. The van der Waals surface area contributed by atoms with Crippen LogP contribution in [0.25, 0.3) is 15.7 Å². The van der Waals surface area contributed by atoms with Crippen LogP contribution >= 0.6 is 11.3 Å². The van der Waals surface area contributed by atoms with Crippen LogP contribution in [0.4, 0.5) is 0 Å². The third-order valence-electron chi connectivity index (χ3n) is 6.01. The molecule has 8 nitrogen and oxygen atoms in total. The standard InChI is InChI=1S/C21H27N5O3S/c1-21(2,29)20-23-25(18(28)16-10-13-7-9-30-19(13)26(16)20)12-17(27)22-14-4-3-8-24(11-14)15-5-6-15/h7,9-10,14-15,29H,3-6,8,11-12H2,1-2H3,(H,22,27)/t14-/m1/s1. The first-order valence-corrected chi connectivity index (χ1v) is 11.5. The largest absolute Gasteiger partial charge is 0.382 e. The van der Waals surface area contributed by atoms with Gasteiger partial charge in [0, 0.05) is 24.0 Å². The number of carbonyl (C=O) groups is 1. The van der Waals surface area contributed by atoms with E-state index in [-0.39, 0.29) is 24.1 Å². The number of amides is 1. The van der Waals surface area contributed by atoms with E-state index >= 15 is 0 Å². The van der Waals surface area contributed by atoms with Gasteiger partial charge in [0.1, 0.15) is 22.5 Å². The third-order valence-corrected chi connectivity index (χ3v) is 6.93. The maximum atomic E-state index is 13.1. The number of aliphatic hydroxyl groups is 1. The molecule has 2 aliphatic rings.